The molecule has 332 valence electrons. The number of aliphatic imine (C=N–C) groups is 2. The first kappa shape index (κ1) is 45.7. The molecule has 0 amide bonds. The van der Waals surface area contributed by atoms with Crippen molar-refractivity contribution in [2.24, 2.45) is 9.98 Å². The molecule has 1 heterocycles. The van der Waals surface area contributed by atoms with E-state index in [-0.39, 0.29) is 32.6 Å². The summed E-state index contributed by atoms with van der Waals surface area (Å²) in [6.07, 6.45) is 4.88. The van der Waals surface area contributed by atoms with Gasteiger partial charge in [-0.15, -0.1) is 0 Å². The van der Waals surface area contributed by atoms with Gasteiger partial charge in [-0.05, 0) is 181 Å². The maximum Gasteiger partial charge on any atom is 0.178 e. The van der Waals surface area contributed by atoms with E-state index in [2.05, 4.69) is 169 Å². The second-order valence-corrected chi connectivity index (χ2v) is 16.3. The van der Waals surface area contributed by atoms with Gasteiger partial charge in [0.15, 0.2) is 5.82 Å². The molecule has 0 saturated heterocycles. The van der Waals surface area contributed by atoms with E-state index >= 15 is 0 Å². The van der Waals surface area contributed by atoms with Crippen LogP contribution in [-0.2, 0) is 21.1 Å². The number of anilines is 6. The Bertz CT molecular complexity index is 2870. The zero-order valence-corrected chi connectivity index (χ0v) is 39.9. The Morgan fingerprint density at radius 1 is 0.403 bits per heavy atom. The predicted octanol–water partition coefficient (Wildman–Crippen LogP) is 15.5. The van der Waals surface area contributed by atoms with Crippen LogP contribution < -0.4 is 9.80 Å². The number of aromatic nitrogens is 1. The number of rotatable bonds is 12. The molecular formula is C59H49N5O2Pt. The van der Waals surface area contributed by atoms with Gasteiger partial charge in [0.05, 0.1) is 0 Å². The number of aryl methyl sites for hydroxylation is 4. The predicted molar refractivity (Wildman–Crippen MR) is 274 cm³/mol. The van der Waals surface area contributed by atoms with Crippen molar-refractivity contribution in [2.75, 3.05) is 9.80 Å². The molecule has 8 aromatic carbocycles. The minimum absolute atomic E-state index is 0. The zero-order chi connectivity index (χ0) is 45.6. The Kier molecular flexibility index (Phi) is 14.0. The molecule has 0 aliphatic heterocycles. The summed E-state index contributed by atoms with van der Waals surface area (Å²) < 4.78 is 0. The fourth-order valence-corrected chi connectivity index (χ4v) is 8.73. The molecule has 0 saturated carbocycles. The van der Waals surface area contributed by atoms with Gasteiger partial charge >= 0.3 is 0 Å². The summed E-state index contributed by atoms with van der Waals surface area (Å²) in [5.41, 5.74) is 16.4. The second-order valence-electron chi connectivity index (χ2n) is 16.3. The quantitative estimate of drug-likeness (QED) is 0.119. The molecule has 0 radical (unpaired) electrons. The average Bonchev–Trinajstić information content (AvgIpc) is 3.32. The summed E-state index contributed by atoms with van der Waals surface area (Å²) >= 11 is 0. The second kappa shape index (κ2) is 20.5. The first-order chi connectivity index (χ1) is 32.2. The minimum Gasteiger partial charge on any atom is -0.507 e. The first-order valence-corrected chi connectivity index (χ1v) is 21.9. The van der Waals surface area contributed by atoms with Crippen LogP contribution in [-0.4, -0.2) is 27.6 Å². The number of nitrogens with zero attached hydrogens (tertiary/aromatic N) is 5. The number of benzene rings is 8. The molecule has 0 fully saturated rings. The third kappa shape index (κ3) is 10.0. The molecule has 7 nitrogen and oxygen atoms in total. The molecule has 0 spiro atoms. The molecule has 9 aromatic rings. The van der Waals surface area contributed by atoms with Gasteiger partial charge in [0.25, 0.3) is 0 Å². The van der Waals surface area contributed by atoms with Gasteiger partial charge in [-0.3, -0.25) is 4.99 Å². The van der Waals surface area contributed by atoms with Crippen LogP contribution in [0.25, 0.3) is 22.3 Å². The van der Waals surface area contributed by atoms with Gasteiger partial charge in [0.2, 0.25) is 0 Å². The maximum atomic E-state index is 11.3. The van der Waals surface area contributed by atoms with E-state index in [4.69, 9.17) is 4.99 Å². The maximum absolute atomic E-state index is 11.3. The van der Waals surface area contributed by atoms with Crippen molar-refractivity contribution in [2.45, 2.75) is 27.7 Å². The van der Waals surface area contributed by atoms with Crippen molar-refractivity contribution in [3.8, 4) is 33.8 Å². The molecule has 2 N–H and O–H groups in total. The molecule has 8 heteroatoms. The SMILES string of the molecule is Cc1cc(N(c2ccccc2)c2ccccc2)cc(C)c1-c1ccc(C=Nc2cccnc2/N=C/c2ccc(-c3c(C)cc(N(c4ccccc4)c4ccccc4)cc3C)cc2O)c(O)c1.[Pt]. The molecule has 0 aliphatic carbocycles. The first-order valence-electron chi connectivity index (χ1n) is 21.9. The van der Waals surface area contributed by atoms with Crippen molar-refractivity contribution < 1.29 is 31.3 Å². The van der Waals surface area contributed by atoms with E-state index in [1.165, 1.54) is 0 Å². The van der Waals surface area contributed by atoms with Crippen molar-refractivity contribution >= 4 is 58.1 Å². The van der Waals surface area contributed by atoms with Crippen LogP contribution in [0, 0.1) is 27.7 Å². The van der Waals surface area contributed by atoms with Gasteiger partial charge in [-0.25, -0.2) is 9.98 Å². The van der Waals surface area contributed by atoms with Crippen LogP contribution >= 0.6 is 0 Å². The summed E-state index contributed by atoms with van der Waals surface area (Å²) in [4.78, 5) is 18.3. The van der Waals surface area contributed by atoms with E-state index in [0.29, 0.717) is 22.6 Å². The van der Waals surface area contributed by atoms with E-state index in [0.717, 1.165) is 78.6 Å². The Morgan fingerprint density at radius 2 is 0.761 bits per heavy atom. The van der Waals surface area contributed by atoms with E-state index in [1.54, 1.807) is 36.8 Å². The van der Waals surface area contributed by atoms with E-state index < -0.39 is 0 Å². The van der Waals surface area contributed by atoms with Crippen LogP contribution in [0.4, 0.5) is 45.6 Å². The summed E-state index contributed by atoms with van der Waals surface area (Å²) in [6, 6.07) is 65.2. The fourth-order valence-electron chi connectivity index (χ4n) is 8.73. The fraction of sp³-hybridized carbons (Fsp3) is 0.0678. The minimum atomic E-state index is 0. The summed E-state index contributed by atoms with van der Waals surface area (Å²) in [5.74, 6) is 0.589. The van der Waals surface area contributed by atoms with Crippen molar-refractivity contribution in [3.63, 3.8) is 0 Å². The van der Waals surface area contributed by atoms with Crippen LogP contribution in [0.5, 0.6) is 11.5 Å². The molecule has 0 atom stereocenters. The third-order valence-electron chi connectivity index (χ3n) is 11.7. The van der Waals surface area contributed by atoms with Crippen LogP contribution in [0.3, 0.4) is 0 Å². The van der Waals surface area contributed by atoms with Gasteiger partial charge in [0.1, 0.15) is 17.2 Å². The third-order valence-corrected chi connectivity index (χ3v) is 11.7. The largest absolute Gasteiger partial charge is 0.507 e. The van der Waals surface area contributed by atoms with E-state index in [1.807, 2.05) is 54.6 Å². The van der Waals surface area contributed by atoms with Crippen molar-refractivity contribution in [1.82, 2.24) is 4.98 Å². The Labute approximate surface area is 407 Å². The number of pyridine rings is 1. The van der Waals surface area contributed by atoms with E-state index in [9.17, 15) is 10.2 Å². The molecule has 67 heavy (non-hydrogen) atoms. The van der Waals surface area contributed by atoms with Gasteiger partial charge in [0, 0.05) is 84.9 Å². The van der Waals surface area contributed by atoms with Crippen LogP contribution in [0.2, 0.25) is 0 Å². The number of hydrogen-bond donors (Lipinski definition) is 2. The zero-order valence-electron chi connectivity index (χ0n) is 37.7. The van der Waals surface area contributed by atoms with Crippen molar-refractivity contribution in [3.05, 3.63) is 234 Å². The standard InChI is InChI=1S/C59H49N5O2.Pt/c1-40-32-52(63(48-18-9-5-10-19-48)49-20-11-6-12-21-49)33-41(2)57(40)44-27-29-46(55(65)36-44)38-61-54-26-17-31-60-59(54)62-39-47-30-28-45(37-56(47)66)58-42(3)34-53(35-43(58)4)64(50-22-13-7-14-23-50)51-24-15-8-16-25-51;/h5-39,65-66H,1-4H3;/b61-38?,62-39+;. The molecule has 9 rings (SSSR count). The molecule has 1 aromatic heterocycles. The van der Waals surface area contributed by atoms with Crippen LogP contribution in [0.1, 0.15) is 33.4 Å². The number of aromatic hydroxyl groups is 2. The summed E-state index contributed by atoms with van der Waals surface area (Å²) in [7, 11) is 0. The number of phenolic OH excluding ortho intramolecular Hbond substituents is 2. The Balaban J connectivity index is 0.00000608. The normalized spacial score (nSPS) is 11.2. The summed E-state index contributed by atoms with van der Waals surface area (Å²) in [6.45, 7) is 8.43. The molecule has 0 aliphatic rings. The number of phenols is 2. The Morgan fingerprint density at radius 3 is 1.12 bits per heavy atom. The van der Waals surface area contributed by atoms with Gasteiger partial charge in [-0.2, -0.15) is 0 Å². The van der Waals surface area contributed by atoms with Gasteiger partial charge < -0.3 is 20.0 Å². The molecular weight excluding hydrogens is 1010 g/mol. The topological polar surface area (TPSA) is 84.6 Å². The average molecular weight is 1060 g/mol. The molecule has 0 unspecified atom stereocenters. The number of hydrogen-bond acceptors (Lipinski definition) is 7. The summed E-state index contributed by atoms with van der Waals surface area (Å²) in [5, 5.41) is 22.6. The van der Waals surface area contributed by atoms with Crippen molar-refractivity contribution in [1.29, 1.82) is 0 Å². The van der Waals surface area contributed by atoms with Gasteiger partial charge in [-0.1, -0.05) is 84.9 Å². The molecule has 0 bridgehead atoms. The van der Waals surface area contributed by atoms with Crippen LogP contribution in [0.15, 0.2) is 210 Å². The smallest absolute Gasteiger partial charge is 0.178 e. The monoisotopic (exact) mass is 1050 g/mol. The Hall–Kier alpha value is -7.86. The number of para-hydroxylation sites is 4.